The highest BCUT2D eigenvalue weighted by Gasteiger charge is 2.39. The summed E-state index contributed by atoms with van der Waals surface area (Å²) in [7, 11) is 1.86. The van der Waals surface area contributed by atoms with Gasteiger partial charge in [0.05, 0.1) is 0 Å². The van der Waals surface area contributed by atoms with Gasteiger partial charge in [0.15, 0.2) is 0 Å². The van der Waals surface area contributed by atoms with Crippen LogP contribution in [0.4, 0.5) is 5.69 Å². The van der Waals surface area contributed by atoms with Crippen LogP contribution in [-0.4, -0.2) is 41.6 Å². The van der Waals surface area contributed by atoms with Crippen LogP contribution in [0, 0.1) is 0 Å². The number of piperidine rings is 1. The lowest BCUT2D eigenvalue weighted by Crippen LogP contribution is -2.52. The Balaban J connectivity index is 1.50. The molecule has 0 bridgehead atoms. The summed E-state index contributed by atoms with van der Waals surface area (Å²) in [5.74, 6) is -1.30. The van der Waals surface area contributed by atoms with E-state index in [1.54, 1.807) is 18.2 Å². The molecule has 2 aliphatic rings. The molecule has 1 fully saturated rings. The van der Waals surface area contributed by atoms with Gasteiger partial charge in [0.1, 0.15) is 6.04 Å². The topological polar surface area (TPSA) is 108 Å². The molecule has 2 aromatic rings. The van der Waals surface area contributed by atoms with E-state index in [9.17, 15) is 19.2 Å². The number of imide groups is 1. The van der Waals surface area contributed by atoms with E-state index in [0.717, 1.165) is 5.56 Å². The maximum atomic E-state index is 12.7. The fourth-order valence-corrected chi connectivity index (χ4v) is 3.88. The number of benzene rings is 2. The van der Waals surface area contributed by atoms with Gasteiger partial charge in [0.25, 0.3) is 11.8 Å². The Labute approximate surface area is 173 Å². The van der Waals surface area contributed by atoms with Crippen molar-refractivity contribution in [2.75, 3.05) is 12.4 Å². The molecular weight excluding hydrogens is 384 g/mol. The van der Waals surface area contributed by atoms with Crippen molar-refractivity contribution >= 4 is 29.3 Å². The summed E-state index contributed by atoms with van der Waals surface area (Å²) < 4.78 is 0. The summed E-state index contributed by atoms with van der Waals surface area (Å²) in [4.78, 5) is 50.4. The number of carbonyl (C=O) groups excluding carboxylic acids is 4. The molecule has 4 amide bonds. The fraction of sp³-hybridized carbons (Fsp3) is 0.273. The van der Waals surface area contributed by atoms with E-state index in [0.29, 0.717) is 35.3 Å². The predicted molar refractivity (Wildman–Crippen MR) is 110 cm³/mol. The van der Waals surface area contributed by atoms with E-state index in [1.165, 1.54) is 4.90 Å². The Morgan fingerprint density at radius 2 is 2.00 bits per heavy atom. The average Bonchev–Trinajstić information content (AvgIpc) is 3.04. The van der Waals surface area contributed by atoms with Crippen molar-refractivity contribution in [2.45, 2.75) is 32.0 Å². The SMILES string of the molecule is CNCc1cccc(NC(=O)c2ccc3c(c2)CN(C2CCC(=O)NC2=O)C3=O)c1. The van der Waals surface area contributed by atoms with Crippen molar-refractivity contribution < 1.29 is 19.2 Å². The van der Waals surface area contributed by atoms with Crippen molar-refractivity contribution in [3.05, 3.63) is 64.7 Å². The van der Waals surface area contributed by atoms with Crippen LogP contribution in [0.25, 0.3) is 0 Å². The summed E-state index contributed by atoms with van der Waals surface area (Å²) >= 11 is 0. The summed E-state index contributed by atoms with van der Waals surface area (Å²) in [6.45, 7) is 0.931. The lowest BCUT2D eigenvalue weighted by atomic mass is 10.0. The van der Waals surface area contributed by atoms with Gasteiger partial charge in [-0.15, -0.1) is 0 Å². The lowest BCUT2D eigenvalue weighted by Gasteiger charge is -2.29. The molecule has 4 rings (SSSR count). The Hall–Kier alpha value is -3.52. The number of fused-ring (bicyclic) bond motifs is 1. The highest BCUT2D eigenvalue weighted by atomic mass is 16.2. The second kappa shape index (κ2) is 8.08. The van der Waals surface area contributed by atoms with Gasteiger partial charge in [-0.25, -0.2) is 0 Å². The Kier molecular flexibility index (Phi) is 5.33. The molecule has 154 valence electrons. The Morgan fingerprint density at radius 1 is 1.17 bits per heavy atom. The summed E-state index contributed by atoms with van der Waals surface area (Å²) in [5.41, 5.74) is 3.35. The van der Waals surface area contributed by atoms with E-state index >= 15 is 0 Å². The molecule has 0 aromatic heterocycles. The van der Waals surface area contributed by atoms with Crippen molar-refractivity contribution in [3.8, 4) is 0 Å². The molecule has 8 nitrogen and oxygen atoms in total. The second-order valence-electron chi connectivity index (χ2n) is 7.46. The molecule has 1 unspecified atom stereocenters. The Bertz CT molecular complexity index is 1050. The van der Waals surface area contributed by atoms with Crippen LogP contribution in [0.3, 0.4) is 0 Å². The van der Waals surface area contributed by atoms with Crippen LogP contribution in [0.5, 0.6) is 0 Å². The van der Waals surface area contributed by atoms with E-state index in [-0.39, 0.29) is 30.7 Å². The van der Waals surface area contributed by atoms with Gasteiger partial charge < -0.3 is 15.5 Å². The van der Waals surface area contributed by atoms with Gasteiger partial charge in [0.2, 0.25) is 11.8 Å². The van der Waals surface area contributed by atoms with E-state index in [4.69, 9.17) is 0 Å². The maximum Gasteiger partial charge on any atom is 0.255 e. The van der Waals surface area contributed by atoms with Crippen LogP contribution >= 0.6 is 0 Å². The zero-order valence-electron chi connectivity index (χ0n) is 16.5. The lowest BCUT2D eigenvalue weighted by molar-refractivity contribution is -0.136. The minimum Gasteiger partial charge on any atom is -0.322 e. The van der Waals surface area contributed by atoms with E-state index in [1.807, 2.05) is 31.3 Å². The quantitative estimate of drug-likeness (QED) is 0.651. The third kappa shape index (κ3) is 3.81. The van der Waals surface area contributed by atoms with Gasteiger partial charge in [-0.1, -0.05) is 12.1 Å². The molecule has 1 saturated heterocycles. The molecule has 0 spiro atoms. The minimum atomic E-state index is -0.671. The highest BCUT2D eigenvalue weighted by Crippen LogP contribution is 2.28. The highest BCUT2D eigenvalue weighted by molar-refractivity contribution is 6.08. The maximum absolute atomic E-state index is 12.7. The van der Waals surface area contributed by atoms with Gasteiger partial charge in [-0.3, -0.25) is 24.5 Å². The smallest absolute Gasteiger partial charge is 0.255 e. The summed E-state index contributed by atoms with van der Waals surface area (Å²) in [6.07, 6.45) is 0.511. The van der Waals surface area contributed by atoms with Gasteiger partial charge >= 0.3 is 0 Å². The monoisotopic (exact) mass is 406 g/mol. The van der Waals surface area contributed by atoms with Gasteiger partial charge in [0, 0.05) is 36.3 Å². The molecule has 0 aliphatic carbocycles. The van der Waals surface area contributed by atoms with Crippen LogP contribution < -0.4 is 16.0 Å². The number of anilines is 1. The predicted octanol–water partition coefficient (Wildman–Crippen LogP) is 1.42. The minimum absolute atomic E-state index is 0.205. The molecule has 8 heteroatoms. The third-order valence-electron chi connectivity index (χ3n) is 5.35. The third-order valence-corrected chi connectivity index (χ3v) is 5.35. The number of rotatable bonds is 5. The largest absolute Gasteiger partial charge is 0.322 e. The van der Waals surface area contributed by atoms with Crippen LogP contribution in [0.2, 0.25) is 0 Å². The molecule has 2 heterocycles. The first-order valence-corrected chi connectivity index (χ1v) is 9.79. The summed E-state index contributed by atoms with van der Waals surface area (Å²) in [5, 5.41) is 8.23. The molecule has 0 radical (unpaired) electrons. The van der Waals surface area contributed by atoms with Crippen molar-refractivity contribution in [1.82, 2.24) is 15.5 Å². The molecule has 2 aromatic carbocycles. The molecule has 0 saturated carbocycles. The van der Waals surface area contributed by atoms with Crippen LogP contribution in [0.15, 0.2) is 42.5 Å². The number of nitrogens with zero attached hydrogens (tertiary/aromatic N) is 1. The average molecular weight is 406 g/mol. The Morgan fingerprint density at radius 3 is 2.77 bits per heavy atom. The molecule has 30 heavy (non-hydrogen) atoms. The molecule has 3 N–H and O–H groups in total. The molecule has 2 aliphatic heterocycles. The molecule has 1 atom stereocenters. The standard InChI is InChI=1S/C22H22N4O4/c1-23-11-13-3-2-4-16(9-13)24-20(28)14-5-6-17-15(10-14)12-26(22(17)30)18-7-8-19(27)25-21(18)29/h2-6,9-10,18,23H,7-8,11-12H2,1H3,(H,24,28)(H,25,27,29). The number of nitrogens with one attached hydrogen (secondary N) is 3. The summed E-state index contributed by atoms with van der Waals surface area (Å²) in [6, 6.07) is 11.8. The van der Waals surface area contributed by atoms with Crippen molar-refractivity contribution in [3.63, 3.8) is 0 Å². The first kappa shape index (κ1) is 19.8. The van der Waals surface area contributed by atoms with Crippen molar-refractivity contribution in [1.29, 1.82) is 0 Å². The van der Waals surface area contributed by atoms with Crippen LogP contribution in [-0.2, 0) is 22.7 Å². The normalized spacial score (nSPS) is 18.2. The van der Waals surface area contributed by atoms with Crippen LogP contribution in [0.1, 0.15) is 44.7 Å². The fourth-order valence-electron chi connectivity index (χ4n) is 3.88. The number of hydrogen-bond acceptors (Lipinski definition) is 5. The van der Waals surface area contributed by atoms with Crippen molar-refractivity contribution in [2.24, 2.45) is 0 Å². The van der Waals surface area contributed by atoms with E-state index in [2.05, 4.69) is 16.0 Å². The number of carbonyl (C=O) groups is 4. The zero-order valence-corrected chi connectivity index (χ0v) is 16.5. The first-order valence-electron chi connectivity index (χ1n) is 9.79. The first-order chi connectivity index (χ1) is 14.5. The van der Waals surface area contributed by atoms with E-state index < -0.39 is 11.9 Å². The number of hydrogen-bond donors (Lipinski definition) is 3. The van der Waals surface area contributed by atoms with Gasteiger partial charge in [-0.2, -0.15) is 0 Å². The van der Waals surface area contributed by atoms with Gasteiger partial charge in [-0.05, 0) is 54.9 Å². The molecular formula is C22H22N4O4. The number of amides is 4. The second-order valence-corrected chi connectivity index (χ2v) is 7.46. The zero-order chi connectivity index (χ0) is 21.3.